The Kier molecular flexibility index (Phi) is 8.26. The third-order valence-electron chi connectivity index (χ3n) is 2.92. The lowest BCUT2D eigenvalue weighted by molar-refractivity contribution is 0.552. The Morgan fingerprint density at radius 3 is 2.67 bits per heavy atom. The van der Waals surface area contributed by atoms with Crippen molar-refractivity contribution in [2.45, 2.75) is 57.6 Å². The van der Waals surface area contributed by atoms with Gasteiger partial charge >= 0.3 is 0 Å². The average Bonchev–Trinajstić information content (AvgIpc) is 2.85. The summed E-state index contributed by atoms with van der Waals surface area (Å²) in [5.74, 6) is 2.04. The molecule has 1 rings (SSSR count). The first kappa shape index (κ1) is 19.0. The highest BCUT2D eigenvalue weighted by Gasteiger charge is 2.21. The highest BCUT2D eigenvalue weighted by atomic mass is 32.2. The van der Waals surface area contributed by atoms with Crippen LogP contribution in [0.5, 0.6) is 0 Å². The first-order valence-corrected chi connectivity index (χ1v) is 10.8. The Morgan fingerprint density at radius 2 is 2.05 bits per heavy atom. The predicted molar refractivity (Wildman–Crippen MR) is 93.7 cm³/mol. The van der Waals surface area contributed by atoms with Crippen LogP contribution in [-0.4, -0.2) is 32.0 Å². The van der Waals surface area contributed by atoms with Crippen LogP contribution < -0.4 is 10.0 Å². The van der Waals surface area contributed by atoms with E-state index in [2.05, 4.69) is 17.0 Å². The van der Waals surface area contributed by atoms with Crippen molar-refractivity contribution in [3.63, 3.8) is 0 Å². The zero-order valence-corrected chi connectivity index (χ0v) is 15.6. The van der Waals surface area contributed by atoms with E-state index in [9.17, 15) is 8.42 Å². The van der Waals surface area contributed by atoms with Gasteiger partial charge in [-0.25, -0.2) is 13.1 Å². The quantitative estimate of drug-likeness (QED) is 0.637. The van der Waals surface area contributed by atoms with Gasteiger partial charge in [-0.1, -0.05) is 20.8 Å². The zero-order chi connectivity index (χ0) is 15.9. The highest BCUT2D eigenvalue weighted by Crippen LogP contribution is 2.22. The van der Waals surface area contributed by atoms with Crippen LogP contribution in [0.25, 0.3) is 0 Å². The Morgan fingerprint density at radius 1 is 1.33 bits per heavy atom. The maximum absolute atomic E-state index is 12.5. The fourth-order valence-electron chi connectivity index (χ4n) is 1.79. The Bertz CT molecular complexity index is 512. The first-order chi connectivity index (χ1) is 9.86. The number of sulfonamides is 1. The Balaban J connectivity index is 2.67. The van der Waals surface area contributed by atoms with Crippen molar-refractivity contribution in [1.29, 1.82) is 0 Å². The van der Waals surface area contributed by atoms with Crippen LogP contribution in [0.1, 0.15) is 39.0 Å². The standard InChI is InChI=1S/C14H26N2O2S3/c1-5-19-8-6-12(4)16-21(17,18)14-7-9-20-13(14)10-15-11(2)3/h7,9,11-12,15-16H,5-6,8,10H2,1-4H3. The molecule has 0 fully saturated rings. The number of nitrogens with one attached hydrogen (secondary N) is 2. The smallest absolute Gasteiger partial charge is 0.241 e. The molecular formula is C14H26N2O2S3. The van der Waals surface area contributed by atoms with E-state index in [4.69, 9.17) is 0 Å². The molecule has 0 amide bonds. The largest absolute Gasteiger partial charge is 0.310 e. The minimum Gasteiger partial charge on any atom is -0.310 e. The fourth-order valence-corrected chi connectivity index (χ4v) is 5.27. The lowest BCUT2D eigenvalue weighted by Crippen LogP contribution is -2.33. The molecule has 4 nitrogen and oxygen atoms in total. The van der Waals surface area contributed by atoms with E-state index in [1.165, 1.54) is 11.3 Å². The highest BCUT2D eigenvalue weighted by molar-refractivity contribution is 7.99. The van der Waals surface area contributed by atoms with Crippen molar-refractivity contribution in [1.82, 2.24) is 10.0 Å². The summed E-state index contributed by atoms with van der Waals surface area (Å²) in [6.07, 6.45) is 0.849. The van der Waals surface area contributed by atoms with Gasteiger partial charge in [0.05, 0.1) is 4.90 Å². The second-order valence-electron chi connectivity index (χ2n) is 5.25. The van der Waals surface area contributed by atoms with E-state index in [-0.39, 0.29) is 6.04 Å². The van der Waals surface area contributed by atoms with Crippen molar-refractivity contribution in [2.75, 3.05) is 11.5 Å². The van der Waals surface area contributed by atoms with Gasteiger partial charge in [0, 0.05) is 23.5 Å². The molecular weight excluding hydrogens is 324 g/mol. The molecule has 0 aliphatic rings. The average molecular weight is 351 g/mol. The molecule has 1 aromatic rings. The molecule has 0 aliphatic heterocycles. The van der Waals surface area contributed by atoms with Gasteiger partial charge in [-0.15, -0.1) is 11.3 Å². The van der Waals surface area contributed by atoms with Crippen LogP contribution in [-0.2, 0) is 16.6 Å². The molecule has 21 heavy (non-hydrogen) atoms. The number of hydrogen-bond acceptors (Lipinski definition) is 5. The van der Waals surface area contributed by atoms with Crippen molar-refractivity contribution >= 4 is 33.1 Å². The lowest BCUT2D eigenvalue weighted by Gasteiger charge is -2.15. The van der Waals surface area contributed by atoms with E-state index in [0.717, 1.165) is 22.8 Å². The molecule has 1 aromatic heterocycles. The molecule has 0 aliphatic carbocycles. The van der Waals surface area contributed by atoms with Gasteiger partial charge in [-0.2, -0.15) is 11.8 Å². The van der Waals surface area contributed by atoms with Crippen molar-refractivity contribution in [2.24, 2.45) is 0 Å². The number of thioether (sulfide) groups is 1. The van der Waals surface area contributed by atoms with E-state index < -0.39 is 10.0 Å². The third-order valence-corrected chi connectivity index (χ3v) is 6.58. The van der Waals surface area contributed by atoms with Crippen LogP contribution >= 0.6 is 23.1 Å². The molecule has 2 N–H and O–H groups in total. The SMILES string of the molecule is CCSCCC(C)NS(=O)(=O)c1ccsc1CNC(C)C. The molecule has 1 atom stereocenters. The third kappa shape index (κ3) is 6.69. The van der Waals surface area contributed by atoms with Crippen LogP contribution in [0.2, 0.25) is 0 Å². The van der Waals surface area contributed by atoms with Gasteiger partial charge < -0.3 is 5.32 Å². The molecule has 1 unspecified atom stereocenters. The molecule has 0 saturated carbocycles. The summed E-state index contributed by atoms with van der Waals surface area (Å²) in [4.78, 5) is 1.28. The summed E-state index contributed by atoms with van der Waals surface area (Å²) in [7, 11) is -3.42. The second-order valence-corrected chi connectivity index (χ2v) is 9.33. The van der Waals surface area contributed by atoms with Gasteiger partial charge in [0.1, 0.15) is 0 Å². The summed E-state index contributed by atoms with van der Waals surface area (Å²) in [6.45, 7) is 8.72. The summed E-state index contributed by atoms with van der Waals surface area (Å²) in [6, 6.07) is 1.98. The zero-order valence-electron chi connectivity index (χ0n) is 13.2. The van der Waals surface area contributed by atoms with Gasteiger partial charge in [0.15, 0.2) is 0 Å². The van der Waals surface area contributed by atoms with E-state index in [0.29, 0.717) is 17.5 Å². The maximum Gasteiger partial charge on any atom is 0.241 e. The minimum atomic E-state index is -3.42. The molecule has 0 spiro atoms. The van der Waals surface area contributed by atoms with E-state index >= 15 is 0 Å². The topological polar surface area (TPSA) is 58.2 Å². The van der Waals surface area contributed by atoms with Gasteiger partial charge in [0.25, 0.3) is 0 Å². The molecule has 122 valence electrons. The number of hydrogen-bond donors (Lipinski definition) is 2. The summed E-state index contributed by atoms with van der Waals surface area (Å²) in [5.41, 5.74) is 0. The summed E-state index contributed by atoms with van der Waals surface area (Å²) in [5, 5.41) is 5.11. The fraction of sp³-hybridized carbons (Fsp3) is 0.714. The number of rotatable bonds is 10. The Hall–Kier alpha value is -0.0800. The van der Waals surface area contributed by atoms with Crippen molar-refractivity contribution < 1.29 is 8.42 Å². The molecule has 7 heteroatoms. The molecule has 1 heterocycles. The Labute approximate surface area is 137 Å². The van der Waals surface area contributed by atoms with Crippen LogP contribution in [0, 0.1) is 0 Å². The van der Waals surface area contributed by atoms with Crippen LogP contribution in [0.4, 0.5) is 0 Å². The van der Waals surface area contributed by atoms with E-state index in [1.807, 2.05) is 37.9 Å². The van der Waals surface area contributed by atoms with Gasteiger partial charge in [-0.05, 0) is 36.3 Å². The maximum atomic E-state index is 12.5. The predicted octanol–water partition coefficient (Wildman–Crippen LogP) is 3.06. The monoisotopic (exact) mass is 350 g/mol. The normalized spacial score (nSPS) is 13.8. The van der Waals surface area contributed by atoms with Crippen molar-refractivity contribution in [3.05, 3.63) is 16.3 Å². The summed E-state index contributed by atoms with van der Waals surface area (Å²) < 4.78 is 27.7. The van der Waals surface area contributed by atoms with Gasteiger partial charge in [-0.3, -0.25) is 0 Å². The minimum absolute atomic E-state index is 0.0418. The molecule has 0 bridgehead atoms. The second kappa shape index (κ2) is 9.15. The van der Waals surface area contributed by atoms with Crippen molar-refractivity contribution in [3.8, 4) is 0 Å². The van der Waals surface area contributed by atoms with Crippen LogP contribution in [0.15, 0.2) is 16.3 Å². The van der Waals surface area contributed by atoms with Crippen LogP contribution in [0.3, 0.4) is 0 Å². The molecule has 0 aromatic carbocycles. The van der Waals surface area contributed by atoms with Gasteiger partial charge in [0.2, 0.25) is 10.0 Å². The first-order valence-electron chi connectivity index (χ1n) is 7.26. The van der Waals surface area contributed by atoms with E-state index in [1.54, 1.807) is 6.07 Å². The summed E-state index contributed by atoms with van der Waals surface area (Å²) >= 11 is 3.31. The number of thiophene rings is 1. The lowest BCUT2D eigenvalue weighted by atomic mass is 10.3. The molecule has 0 radical (unpaired) electrons. The molecule has 0 saturated heterocycles.